The largest absolute Gasteiger partial charge is 0.154 e. The molecule has 0 radical (unpaired) electrons. The Morgan fingerprint density at radius 3 is 1.83 bits per heavy atom. The van der Waals surface area contributed by atoms with Crippen molar-refractivity contribution in [3.63, 3.8) is 0 Å². The molecule has 0 N–H and O–H groups in total. The summed E-state index contributed by atoms with van der Waals surface area (Å²) in [6.45, 7) is 13.0. The van der Waals surface area contributed by atoms with Crippen LogP contribution in [0.5, 0.6) is 0 Å². The number of hydrogen-bond acceptors (Lipinski definition) is 4. The fourth-order valence-electron chi connectivity index (χ4n) is 4.34. The first-order chi connectivity index (χ1) is 17.1. The molecule has 2 heterocycles. The van der Waals surface area contributed by atoms with E-state index in [4.69, 9.17) is 5.10 Å². The number of aromatic nitrogens is 4. The standard InChI is InChI=1S/C32H32N4/c1-31(2,3)28-17-16-27(33-34-28)26-19-23(18-22-14-10-11-15-24(22)26)25-20-29(32(4,5)6)35-36-30(25)21-12-8-7-9-13-21/h7-20H,1-6H3. The SMILES string of the molecule is CC(C)(C)c1ccc(-c2cc(-c3cc(C(C)(C)C)nnc3-c3ccccc3)cc3ccccc23)nn1. The molecule has 0 bridgehead atoms. The van der Waals surface area contributed by atoms with E-state index >= 15 is 0 Å². The summed E-state index contributed by atoms with van der Waals surface area (Å²) in [6.07, 6.45) is 0. The molecular formula is C32H32N4. The van der Waals surface area contributed by atoms with E-state index in [0.717, 1.165) is 55.8 Å². The van der Waals surface area contributed by atoms with Gasteiger partial charge in [0.15, 0.2) is 0 Å². The molecule has 5 aromatic rings. The molecule has 180 valence electrons. The van der Waals surface area contributed by atoms with Crippen molar-refractivity contribution in [3.8, 4) is 33.6 Å². The van der Waals surface area contributed by atoms with Crippen molar-refractivity contribution < 1.29 is 0 Å². The molecule has 4 nitrogen and oxygen atoms in total. The maximum atomic E-state index is 4.73. The lowest BCUT2D eigenvalue weighted by atomic mass is 9.88. The van der Waals surface area contributed by atoms with Crippen molar-refractivity contribution in [2.75, 3.05) is 0 Å². The highest BCUT2D eigenvalue weighted by atomic mass is 15.1. The van der Waals surface area contributed by atoms with E-state index in [1.165, 1.54) is 0 Å². The van der Waals surface area contributed by atoms with Gasteiger partial charge in [-0.05, 0) is 46.7 Å². The Hall–Kier alpha value is -3.92. The van der Waals surface area contributed by atoms with Gasteiger partial charge in [0.05, 0.1) is 17.1 Å². The second kappa shape index (κ2) is 8.94. The Kier molecular flexibility index (Phi) is 5.91. The van der Waals surface area contributed by atoms with E-state index in [-0.39, 0.29) is 10.8 Å². The molecule has 4 heteroatoms. The van der Waals surface area contributed by atoms with Crippen LogP contribution in [0.15, 0.2) is 84.9 Å². The monoisotopic (exact) mass is 472 g/mol. The van der Waals surface area contributed by atoms with Gasteiger partial charge in [0.2, 0.25) is 0 Å². The van der Waals surface area contributed by atoms with Gasteiger partial charge in [-0.25, -0.2) is 0 Å². The Labute approximate surface area is 213 Å². The molecule has 0 amide bonds. The van der Waals surface area contributed by atoms with E-state index in [1.54, 1.807) is 0 Å². The van der Waals surface area contributed by atoms with Crippen LogP contribution in [0.2, 0.25) is 0 Å². The summed E-state index contributed by atoms with van der Waals surface area (Å²) in [5, 5.41) is 20.9. The number of rotatable bonds is 3. The van der Waals surface area contributed by atoms with Gasteiger partial charge in [-0.2, -0.15) is 15.3 Å². The Morgan fingerprint density at radius 2 is 1.17 bits per heavy atom. The average Bonchev–Trinajstić information content (AvgIpc) is 2.87. The van der Waals surface area contributed by atoms with Crippen molar-refractivity contribution in [2.45, 2.75) is 52.4 Å². The van der Waals surface area contributed by atoms with Crippen LogP contribution in [0, 0.1) is 0 Å². The topological polar surface area (TPSA) is 51.6 Å². The third-order valence-electron chi connectivity index (χ3n) is 6.49. The molecule has 0 aliphatic rings. The van der Waals surface area contributed by atoms with Crippen LogP contribution in [-0.4, -0.2) is 20.4 Å². The molecule has 0 saturated carbocycles. The zero-order valence-corrected chi connectivity index (χ0v) is 21.9. The van der Waals surface area contributed by atoms with Gasteiger partial charge in [0.1, 0.15) is 5.69 Å². The van der Waals surface area contributed by atoms with Crippen molar-refractivity contribution in [3.05, 3.63) is 96.3 Å². The molecule has 0 saturated heterocycles. The fourth-order valence-corrected chi connectivity index (χ4v) is 4.34. The van der Waals surface area contributed by atoms with Crippen LogP contribution in [0.4, 0.5) is 0 Å². The van der Waals surface area contributed by atoms with Crippen LogP contribution in [0.25, 0.3) is 44.4 Å². The lowest BCUT2D eigenvalue weighted by molar-refractivity contribution is 0.559. The summed E-state index contributed by atoms with van der Waals surface area (Å²) in [5.74, 6) is 0. The number of fused-ring (bicyclic) bond motifs is 1. The van der Waals surface area contributed by atoms with E-state index in [1.807, 2.05) is 18.2 Å². The van der Waals surface area contributed by atoms with E-state index < -0.39 is 0 Å². The minimum Gasteiger partial charge on any atom is -0.154 e. The first-order valence-electron chi connectivity index (χ1n) is 12.4. The van der Waals surface area contributed by atoms with Gasteiger partial charge >= 0.3 is 0 Å². The first kappa shape index (κ1) is 23.8. The molecule has 0 atom stereocenters. The highest BCUT2D eigenvalue weighted by molar-refractivity contribution is 6.00. The summed E-state index contributed by atoms with van der Waals surface area (Å²) in [5.41, 5.74) is 7.76. The van der Waals surface area contributed by atoms with Crippen molar-refractivity contribution in [1.29, 1.82) is 0 Å². The molecule has 2 aromatic heterocycles. The quantitative estimate of drug-likeness (QED) is 0.267. The van der Waals surface area contributed by atoms with Crippen molar-refractivity contribution in [1.82, 2.24) is 20.4 Å². The van der Waals surface area contributed by atoms with Gasteiger partial charge < -0.3 is 0 Å². The maximum Gasteiger partial charge on any atom is 0.101 e. The summed E-state index contributed by atoms with van der Waals surface area (Å²) >= 11 is 0. The van der Waals surface area contributed by atoms with Crippen molar-refractivity contribution in [2.24, 2.45) is 0 Å². The molecule has 0 spiro atoms. The Balaban J connectivity index is 1.76. The number of hydrogen-bond donors (Lipinski definition) is 0. The van der Waals surface area contributed by atoms with Crippen LogP contribution in [0.3, 0.4) is 0 Å². The normalized spacial score (nSPS) is 12.2. The molecule has 5 rings (SSSR count). The second-order valence-corrected chi connectivity index (χ2v) is 11.4. The zero-order chi connectivity index (χ0) is 25.5. The number of nitrogens with zero attached hydrogens (tertiary/aromatic N) is 4. The van der Waals surface area contributed by atoms with E-state index in [9.17, 15) is 0 Å². The predicted molar refractivity (Wildman–Crippen MR) is 149 cm³/mol. The van der Waals surface area contributed by atoms with E-state index in [2.05, 4.69) is 124 Å². The predicted octanol–water partition coefficient (Wildman–Crippen LogP) is 8.02. The second-order valence-electron chi connectivity index (χ2n) is 11.4. The van der Waals surface area contributed by atoms with Crippen LogP contribution < -0.4 is 0 Å². The van der Waals surface area contributed by atoms with Crippen LogP contribution in [0.1, 0.15) is 52.9 Å². The van der Waals surface area contributed by atoms with Gasteiger partial charge in [0.25, 0.3) is 0 Å². The molecule has 0 aliphatic heterocycles. The minimum atomic E-state index is -0.120. The minimum absolute atomic E-state index is 0.0495. The first-order valence-corrected chi connectivity index (χ1v) is 12.4. The highest BCUT2D eigenvalue weighted by Gasteiger charge is 2.21. The summed E-state index contributed by atoms with van der Waals surface area (Å²) in [7, 11) is 0. The third kappa shape index (κ3) is 4.64. The fraction of sp³-hybridized carbons (Fsp3) is 0.250. The van der Waals surface area contributed by atoms with Crippen LogP contribution >= 0.6 is 0 Å². The molecule has 36 heavy (non-hydrogen) atoms. The third-order valence-corrected chi connectivity index (χ3v) is 6.49. The lowest BCUT2D eigenvalue weighted by Crippen LogP contribution is -2.15. The average molecular weight is 473 g/mol. The Morgan fingerprint density at radius 1 is 0.500 bits per heavy atom. The Bertz CT molecular complexity index is 1520. The lowest BCUT2D eigenvalue weighted by Gasteiger charge is -2.20. The summed E-state index contributed by atoms with van der Waals surface area (Å²) in [4.78, 5) is 0. The molecule has 0 aliphatic carbocycles. The summed E-state index contributed by atoms with van der Waals surface area (Å²) < 4.78 is 0. The van der Waals surface area contributed by atoms with Gasteiger partial charge in [-0.1, -0.05) is 96.1 Å². The smallest absolute Gasteiger partial charge is 0.101 e. The van der Waals surface area contributed by atoms with Crippen LogP contribution in [-0.2, 0) is 10.8 Å². The highest BCUT2D eigenvalue weighted by Crippen LogP contribution is 2.38. The molecule has 0 fully saturated rings. The van der Waals surface area contributed by atoms with Gasteiger partial charge in [-0.15, -0.1) is 5.10 Å². The molecular weight excluding hydrogens is 440 g/mol. The van der Waals surface area contributed by atoms with Gasteiger partial charge in [0, 0.05) is 27.5 Å². The summed E-state index contributed by atoms with van der Waals surface area (Å²) in [6, 6.07) is 29.6. The molecule has 3 aromatic carbocycles. The zero-order valence-electron chi connectivity index (χ0n) is 21.9. The number of benzene rings is 3. The van der Waals surface area contributed by atoms with Crippen molar-refractivity contribution >= 4 is 10.8 Å². The maximum absolute atomic E-state index is 4.73. The van der Waals surface area contributed by atoms with E-state index in [0.29, 0.717) is 0 Å². The molecule has 0 unspecified atom stereocenters. The van der Waals surface area contributed by atoms with Gasteiger partial charge in [-0.3, -0.25) is 0 Å².